The number of sulfone groups is 1. The van der Waals surface area contributed by atoms with Crippen LogP contribution < -0.4 is 0 Å². The second-order valence-electron chi connectivity index (χ2n) is 8.32. The second-order valence-corrected chi connectivity index (χ2v) is 10.2. The minimum atomic E-state index is -3.47. The largest absolute Gasteiger partial charge is 0.477 e. The maximum absolute atomic E-state index is 12.8. The smallest absolute Gasteiger partial charge is 0.354 e. The predicted octanol–water partition coefficient (Wildman–Crippen LogP) is 5.78. The molecule has 1 aliphatic heterocycles. The molecule has 1 radical (unpaired) electrons. The third-order valence-electron chi connectivity index (χ3n) is 6.17. The molecule has 0 spiro atoms. The molecule has 2 aromatic heterocycles. The number of hydrogen-bond donors (Lipinski definition) is 1. The summed E-state index contributed by atoms with van der Waals surface area (Å²) in [5, 5.41) is 9.48. The van der Waals surface area contributed by atoms with E-state index in [1.54, 1.807) is 30.3 Å². The van der Waals surface area contributed by atoms with Crippen molar-refractivity contribution in [1.82, 2.24) is 9.97 Å². The van der Waals surface area contributed by atoms with Crippen LogP contribution in [0.3, 0.4) is 0 Å². The van der Waals surface area contributed by atoms with E-state index >= 15 is 0 Å². The molecule has 0 saturated carbocycles. The maximum Gasteiger partial charge on any atom is 0.354 e. The van der Waals surface area contributed by atoms with Crippen molar-refractivity contribution in [2.24, 2.45) is 0 Å². The number of pyridine rings is 2. The number of carboxylic acid groups (broad SMARTS) is 1. The fourth-order valence-corrected chi connectivity index (χ4v) is 6.16. The van der Waals surface area contributed by atoms with E-state index in [1.807, 2.05) is 36.4 Å². The third kappa shape index (κ3) is 4.19. The van der Waals surface area contributed by atoms with Crippen molar-refractivity contribution in [3.63, 3.8) is 0 Å². The van der Waals surface area contributed by atoms with Crippen LogP contribution in [0.1, 0.15) is 21.6 Å². The number of carboxylic acids is 1. The number of carbonyl (C=O) groups is 1. The fourth-order valence-electron chi connectivity index (χ4n) is 4.52. The molecule has 0 fully saturated rings. The molecule has 3 heterocycles. The molecular weight excluding hydrogens is 665 g/mol. The van der Waals surface area contributed by atoms with Gasteiger partial charge in [-0.2, -0.15) is 0 Å². The number of fused-ring (bicyclic) bond motifs is 3. The maximum atomic E-state index is 12.8. The van der Waals surface area contributed by atoms with Crippen LogP contribution in [0.25, 0.3) is 45.4 Å². The second kappa shape index (κ2) is 9.48. The van der Waals surface area contributed by atoms with Gasteiger partial charge in [0.2, 0.25) is 0 Å². The molecule has 1 aliphatic carbocycles. The summed E-state index contributed by atoms with van der Waals surface area (Å²) in [6, 6.07) is 26.6. The van der Waals surface area contributed by atoms with E-state index in [2.05, 4.69) is 29.3 Å². The molecule has 0 amide bonds. The van der Waals surface area contributed by atoms with Crippen LogP contribution in [0.5, 0.6) is 0 Å². The molecule has 0 unspecified atom stereocenters. The summed E-state index contributed by atoms with van der Waals surface area (Å²) in [7, 11) is -3.47. The molecule has 0 bridgehead atoms. The van der Waals surface area contributed by atoms with E-state index in [-0.39, 0.29) is 25.8 Å². The van der Waals surface area contributed by atoms with Crippen LogP contribution in [-0.2, 0) is 29.9 Å². The van der Waals surface area contributed by atoms with Crippen LogP contribution in [0.4, 0.5) is 0 Å². The van der Waals surface area contributed by atoms with Gasteiger partial charge in [0.25, 0.3) is 0 Å². The van der Waals surface area contributed by atoms with Crippen molar-refractivity contribution in [2.45, 2.75) is 9.79 Å². The van der Waals surface area contributed by atoms with Gasteiger partial charge in [0.15, 0.2) is 9.84 Å². The van der Waals surface area contributed by atoms with Gasteiger partial charge in [0, 0.05) is 31.7 Å². The van der Waals surface area contributed by atoms with E-state index in [0.717, 1.165) is 38.9 Å². The SMILES string of the molecule is O=C(O)c1ccccn1.O=S1(=O)c2c[c-]c(-c3cc4c5c(cccc5n3)C=C4)cc2-c2ccccc21.[Ir]. The van der Waals surface area contributed by atoms with Gasteiger partial charge in [-0.1, -0.05) is 60.2 Å². The number of rotatable bonds is 2. The molecule has 3 aromatic carbocycles. The minimum Gasteiger partial charge on any atom is -0.477 e. The Morgan fingerprint density at radius 2 is 1.62 bits per heavy atom. The van der Waals surface area contributed by atoms with Crippen LogP contribution in [0.2, 0.25) is 0 Å². The first-order valence-corrected chi connectivity index (χ1v) is 12.6. The zero-order valence-electron chi connectivity index (χ0n) is 19.0. The monoisotopic (exact) mass is 682 g/mol. The molecule has 183 valence electrons. The van der Waals surface area contributed by atoms with E-state index in [9.17, 15) is 13.2 Å². The Hall–Kier alpha value is -3.97. The van der Waals surface area contributed by atoms with Gasteiger partial charge in [0.05, 0.1) is 10.4 Å². The number of aromatic nitrogens is 2. The molecule has 5 aromatic rings. The Labute approximate surface area is 226 Å². The van der Waals surface area contributed by atoms with Crippen molar-refractivity contribution < 1.29 is 38.4 Å². The number of benzene rings is 3. The summed E-state index contributed by atoms with van der Waals surface area (Å²) < 4.78 is 25.5. The molecule has 0 atom stereocenters. The predicted molar refractivity (Wildman–Crippen MR) is 137 cm³/mol. The summed E-state index contributed by atoms with van der Waals surface area (Å²) in [5.74, 6) is -0.990. The van der Waals surface area contributed by atoms with E-state index in [0.29, 0.717) is 9.79 Å². The zero-order valence-corrected chi connectivity index (χ0v) is 22.3. The Balaban J connectivity index is 0.000000241. The fraction of sp³-hybridized carbons (Fsp3) is 0. The Kier molecular flexibility index (Phi) is 6.33. The molecule has 7 rings (SSSR count). The first kappa shape index (κ1) is 24.7. The Morgan fingerprint density at radius 3 is 2.38 bits per heavy atom. The van der Waals surface area contributed by atoms with Crippen molar-refractivity contribution in [2.75, 3.05) is 0 Å². The molecule has 1 N–H and O–H groups in total. The van der Waals surface area contributed by atoms with Gasteiger partial charge >= 0.3 is 5.97 Å². The number of aromatic carboxylic acids is 1. The van der Waals surface area contributed by atoms with Gasteiger partial charge < -0.3 is 5.11 Å². The average Bonchev–Trinajstić information content (AvgIpc) is 3.42. The quantitative estimate of drug-likeness (QED) is 0.233. The van der Waals surface area contributed by atoms with Crippen LogP contribution in [0.15, 0.2) is 94.9 Å². The number of hydrogen-bond acceptors (Lipinski definition) is 5. The van der Waals surface area contributed by atoms with E-state index in [1.165, 1.54) is 17.8 Å². The van der Waals surface area contributed by atoms with Gasteiger partial charge in [-0.05, 0) is 51.5 Å². The van der Waals surface area contributed by atoms with E-state index < -0.39 is 15.8 Å². The average molecular weight is 682 g/mol. The Morgan fingerprint density at radius 1 is 0.838 bits per heavy atom. The normalized spacial score (nSPS) is 13.2. The first-order valence-electron chi connectivity index (χ1n) is 11.1. The van der Waals surface area contributed by atoms with Gasteiger partial charge in [-0.25, -0.2) is 18.2 Å². The van der Waals surface area contributed by atoms with Gasteiger partial charge in [-0.3, -0.25) is 4.98 Å². The zero-order chi connectivity index (χ0) is 24.9. The summed E-state index contributed by atoms with van der Waals surface area (Å²) >= 11 is 0. The molecular formula is C29H17IrN2O4S-. The van der Waals surface area contributed by atoms with Crippen LogP contribution >= 0.6 is 0 Å². The van der Waals surface area contributed by atoms with Crippen molar-refractivity contribution >= 4 is 38.9 Å². The topological polar surface area (TPSA) is 97.2 Å². The first-order chi connectivity index (χ1) is 17.4. The standard InChI is InChI=1S/C23H12NO2S.C6H5NO2.Ir/c25-27(26)21-7-2-1-5-17(21)18-12-15(10-11-22(18)27)20-13-16-9-8-14-4-3-6-19(24-20)23(14)16;8-6(9)5-3-1-2-4-7-5;/h1-9,11-13H;1-4H,(H,8,9);/q-1;;. The van der Waals surface area contributed by atoms with Crippen molar-refractivity contribution in [1.29, 1.82) is 0 Å². The Bertz CT molecular complexity index is 1830. The van der Waals surface area contributed by atoms with Crippen molar-refractivity contribution in [3.05, 3.63) is 108 Å². The molecule has 2 aliphatic rings. The van der Waals surface area contributed by atoms with Crippen molar-refractivity contribution in [3.8, 4) is 22.4 Å². The van der Waals surface area contributed by atoms with Gasteiger partial charge in [-0.15, -0.1) is 23.8 Å². The molecule has 37 heavy (non-hydrogen) atoms. The summed E-state index contributed by atoms with van der Waals surface area (Å²) in [6.45, 7) is 0. The third-order valence-corrected chi connectivity index (χ3v) is 8.02. The molecule has 6 nitrogen and oxygen atoms in total. The minimum absolute atomic E-state index is 0. The van der Waals surface area contributed by atoms with E-state index in [4.69, 9.17) is 10.1 Å². The summed E-state index contributed by atoms with van der Waals surface area (Å²) in [6.07, 6.45) is 5.64. The molecule has 0 saturated heterocycles. The van der Waals surface area contributed by atoms with Gasteiger partial charge in [0.1, 0.15) is 5.69 Å². The van der Waals surface area contributed by atoms with Crippen LogP contribution in [0, 0.1) is 6.07 Å². The number of nitrogens with zero attached hydrogens (tertiary/aromatic N) is 2. The summed E-state index contributed by atoms with van der Waals surface area (Å²) in [4.78, 5) is 19.2. The van der Waals surface area contributed by atoms with Crippen LogP contribution in [-0.4, -0.2) is 29.5 Å². The molecule has 8 heteroatoms. The summed E-state index contributed by atoms with van der Waals surface area (Å²) in [5.41, 5.74) is 6.39.